The fourth-order valence-electron chi connectivity index (χ4n) is 2.84. The lowest BCUT2D eigenvalue weighted by Crippen LogP contribution is -2.38. The molecule has 7 heteroatoms. The third kappa shape index (κ3) is 5.11. The number of nitrogens with zero attached hydrogens (tertiary/aromatic N) is 1. The number of amides is 1. The minimum Gasteiger partial charge on any atom is -0.494 e. The van der Waals surface area contributed by atoms with Crippen LogP contribution in [0.2, 0.25) is 0 Å². The van der Waals surface area contributed by atoms with E-state index in [9.17, 15) is 13.2 Å². The zero-order valence-corrected chi connectivity index (χ0v) is 17.9. The number of aryl methyl sites for hydroxylation is 3. The van der Waals surface area contributed by atoms with Gasteiger partial charge in [-0.25, -0.2) is 8.42 Å². The molecular weight excluding hydrogens is 376 g/mol. The summed E-state index contributed by atoms with van der Waals surface area (Å²) in [5.74, 6) is 0.277. The second kappa shape index (κ2) is 9.21. The number of carbonyl (C=O) groups is 1. The number of likely N-dealkylation sites (N-methyl/N-ethyl adjacent to an activating group) is 1. The zero-order chi connectivity index (χ0) is 20.9. The summed E-state index contributed by atoms with van der Waals surface area (Å²) in [4.78, 5) is 12.6. The van der Waals surface area contributed by atoms with E-state index in [1.807, 2.05) is 39.0 Å². The van der Waals surface area contributed by atoms with Crippen molar-refractivity contribution in [2.24, 2.45) is 0 Å². The number of hydrogen-bond donors (Lipinski definition) is 1. The largest absolute Gasteiger partial charge is 0.494 e. The van der Waals surface area contributed by atoms with Crippen LogP contribution in [0.3, 0.4) is 0 Å². The van der Waals surface area contributed by atoms with Gasteiger partial charge in [0.15, 0.2) is 0 Å². The molecule has 0 unspecified atom stereocenters. The highest BCUT2D eigenvalue weighted by atomic mass is 32.2. The lowest BCUT2D eigenvalue weighted by molar-refractivity contribution is -0.116. The Labute approximate surface area is 167 Å². The van der Waals surface area contributed by atoms with E-state index < -0.39 is 10.0 Å². The van der Waals surface area contributed by atoms with Gasteiger partial charge >= 0.3 is 0 Å². The monoisotopic (exact) mass is 404 g/mol. The molecule has 0 saturated heterocycles. The first-order chi connectivity index (χ1) is 13.2. The van der Waals surface area contributed by atoms with Crippen molar-refractivity contribution >= 4 is 21.6 Å². The lowest BCUT2D eigenvalue weighted by atomic mass is 10.1. The zero-order valence-electron chi connectivity index (χ0n) is 17.1. The van der Waals surface area contributed by atoms with Gasteiger partial charge < -0.3 is 10.1 Å². The van der Waals surface area contributed by atoms with Crippen LogP contribution in [0.1, 0.15) is 30.5 Å². The molecule has 0 radical (unpaired) electrons. The molecule has 28 heavy (non-hydrogen) atoms. The number of nitrogens with one attached hydrogen (secondary N) is 1. The van der Waals surface area contributed by atoms with Crippen molar-refractivity contribution in [1.29, 1.82) is 0 Å². The van der Waals surface area contributed by atoms with Crippen molar-refractivity contribution in [2.45, 2.75) is 39.5 Å². The van der Waals surface area contributed by atoms with Gasteiger partial charge in [0.25, 0.3) is 0 Å². The van der Waals surface area contributed by atoms with Gasteiger partial charge in [-0.15, -0.1) is 0 Å². The summed E-state index contributed by atoms with van der Waals surface area (Å²) in [5.41, 5.74) is 3.37. The second-order valence-corrected chi connectivity index (χ2v) is 8.60. The van der Waals surface area contributed by atoms with Gasteiger partial charge in [0.05, 0.1) is 18.0 Å². The molecule has 0 atom stereocenters. The van der Waals surface area contributed by atoms with Crippen molar-refractivity contribution in [3.8, 4) is 5.75 Å². The molecule has 0 aliphatic rings. The fraction of sp³-hybridized carbons (Fsp3) is 0.381. The maximum atomic E-state index is 13.0. The third-order valence-corrected chi connectivity index (χ3v) is 6.34. The molecule has 0 heterocycles. The first-order valence-corrected chi connectivity index (χ1v) is 10.7. The topological polar surface area (TPSA) is 75.7 Å². The van der Waals surface area contributed by atoms with Crippen molar-refractivity contribution < 1.29 is 17.9 Å². The molecule has 1 amide bonds. The maximum Gasteiger partial charge on any atom is 0.243 e. The Morgan fingerprint density at radius 2 is 1.75 bits per heavy atom. The number of sulfonamides is 1. The molecule has 2 rings (SSSR count). The summed E-state index contributed by atoms with van der Waals surface area (Å²) >= 11 is 0. The van der Waals surface area contributed by atoms with Crippen molar-refractivity contribution in [1.82, 2.24) is 4.31 Å². The van der Waals surface area contributed by atoms with E-state index in [0.29, 0.717) is 18.0 Å². The van der Waals surface area contributed by atoms with Gasteiger partial charge in [-0.3, -0.25) is 4.79 Å². The van der Waals surface area contributed by atoms with E-state index in [1.54, 1.807) is 26.0 Å². The van der Waals surface area contributed by atoms with Crippen LogP contribution in [-0.4, -0.2) is 38.3 Å². The highest BCUT2D eigenvalue weighted by Crippen LogP contribution is 2.24. The van der Waals surface area contributed by atoms with Gasteiger partial charge in [-0.2, -0.15) is 4.31 Å². The molecule has 0 aliphatic carbocycles. The van der Waals surface area contributed by atoms with Crippen molar-refractivity contribution in [3.05, 3.63) is 53.1 Å². The molecule has 6 nitrogen and oxygen atoms in total. The molecule has 1 N–H and O–H groups in total. The van der Waals surface area contributed by atoms with Crippen LogP contribution in [0, 0.1) is 20.8 Å². The number of rotatable bonds is 8. The number of hydrogen-bond acceptors (Lipinski definition) is 4. The second-order valence-electron chi connectivity index (χ2n) is 6.66. The van der Waals surface area contributed by atoms with Crippen molar-refractivity contribution in [2.75, 3.05) is 25.0 Å². The SMILES string of the molecule is CCOc1ccc(S(=O)(=O)N(CC)CC(=O)Nc2cc(C)ccc2C)cc1C. The number of benzene rings is 2. The Balaban J connectivity index is 2.20. The Kier molecular flexibility index (Phi) is 7.21. The van der Waals surface area contributed by atoms with E-state index >= 15 is 0 Å². The average Bonchev–Trinajstić information content (AvgIpc) is 2.64. The van der Waals surface area contributed by atoms with Crippen LogP contribution in [0.25, 0.3) is 0 Å². The van der Waals surface area contributed by atoms with E-state index in [4.69, 9.17) is 4.74 Å². The minimum absolute atomic E-state index is 0.148. The summed E-state index contributed by atoms with van der Waals surface area (Å²) < 4.78 is 32.6. The maximum absolute atomic E-state index is 13.0. The van der Waals surface area contributed by atoms with Gasteiger partial charge in [0, 0.05) is 12.2 Å². The van der Waals surface area contributed by atoms with E-state index in [-0.39, 0.29) is 23.9 Å². The van der Waals surface area contributed by atoms with Crippen LogP contribution in [0.4, 0.5) is 5.69 Å². The summed E-state index contributed by atoms with van der Waals surface area (Å²) in [6.07, 6.45) is 0. The van der Waals surface area contributed by atoms with Gasteiger partial charge in [-0.1, -0.05) is 19.1 Å². The first kappa shape index (κ1) is 21.9. The molecule has 2 aromatic carbocycles. The molecule has 152 valence electrons. The predicted molar refractivity (Wildman–Crippen MR) is 111 cm³/mol. The highest BCUT2D eigenvalue weighted by Gasteiger charge is 2.26. The summed E-state index contributed by atoms with van der Waals surface area (Å²) in [6.45, 7) is 9.66. The van der Waals surface area contributed by atoms with E-state index in [1.165, 1.54) is 10.4 Å². The van der Waals surface area contributed by atoms with Crippen molar-refractivity contribution in [3.63, 3.8) is 0 Å². The predicted octanol–water partition coefficient (Wildman–Crippen LogP) is 3.66. The first-order valence-electron chi connectivity index (χ1n) is 9.29. The molecule has 0 fully saturated rings. The molecule has 0 bridgehead atoms. The highest BCUT2D eigenvalue weighted by molar-refractivity contribution is 7.89. The quantitative estimate of drug-likeness (QED) is 0.728. The van der Waals surface area contributed by atoms with Gasteiger partial charge in [-0.05, 0) is 68.7 Å². The Morgan fingerprint density at radius 1 is 1.04 bits per heavy atom. The Morgan fingerprint density at radius 3 is 2.36 bits per heavy atom. The van der Waals surface area contributed by atoms with Crippen LogP contribution < -0.4 is 10.1 Å². The number of carbonyl (C=O) groups excluding carboxylic acids is 1. The molecule has 0 spiro atoms. The number of ether oxygens (including phenoxy) is 1. The minimum atomic E-state index is -3.79. The summed E-state index contributed by atoms with van der Waals surface area (Å²) in [5, 5.41) is 2.81. The normalized spacial score (nSPS) is 11.5. The molecular formula is C21H28N2O4S. The van der Waals surface area contributed by atoms with E-state index in [2.05, 4.69) is 5.32 Å². The molecule has 0 saturated carbocycles. The Bertz CT molecular complexity index is 955. The van der Waals surface area contributed by atoms with Crippen LogP contribution >= 0.6 is 0 Å². The fourth-order valence-corrected chi connectivity index (χ4v) is 4.33. The molecule has 0 aromatic heterocycles. The van der Waals surface area contributed by atoms with Crippen LogP contribution in [-0.2, 0) is 14.8 Å². The number of anilines is 1. The summed E-state index contributed by atoms with van der Waals surface area (Å²) in [7, 11) is -3.79. The smallest absolute Gasteiger partial charge is 0.243 e. The lowest BCUT2D eigenvalue weighted by Gasteiger charge is -2.21. The van der Waals surface area contributed by atoms with Crippen LogP contribution in [0.5, 0.6) is 5.75 Å². The van der Waals surface area contributed by atoms with E-state index in [0.717, 1.165) is 16.7 Å². The standard InChI is InChI=1S/C21H28N2O4S/c1-6-23(14-21(24)22-19-12-15(3)8-9-16(19)4)28(25,26)18-10-11-20(27-7-2)17(5)13-18/h8-13H,6-7,14H2,1-5H3,(H,22,24). The average molecular weight is 405 g/mol. The molecule has 2 aromatic rings. The van der Waals surface area contributed by atoms with Gasteiger partial charge in [0.2, 0.25) is 15.9 Å². The van der Waals surface area contributed by atoms with Crippen LogP contribution in [0.15, 0.2) is 41.3 Å². The third-order valence-electron chi connectivity index (χ3n) is 4.42. The Hall–Kier alpha value is -2.38. The van der Waals surface area contributed by atoms with Gasteiger partial charge in [0.1, 0.15) is 5.75 Å². The summed E-state index contributed by atoms with van der Waals surface area (Å²) in [6, 6.07) is 10.5. The molecule has 0 aliphatic heterocycles.